The SMILES string of the molecule is CCCOc1ccc([C@@H]2[C@@H]3C(=O)N(c4cccc5ccccc45)C(=O)[C@H]3ON2c2ccccc2)cc1OCC. The van der Waals surface area contributed by atoms with Gasteiger partial charge in [-0.1, -0.05) is 67.6 Å². The zero-order chi connectivity index (χ0) is 26.9. The lowest BCUT2D eigenvalue weighted by atomic mass is 9.90. The molecule has 2 aliphatic heterocycles. The highest BCUT2D eigenvalue weighted by atomic mass is 16.7. The van der Waals surface area contributed by atoms with Crippen molar-refractivity contribution in [2.75, 3.05) is 23.2 Å². The van der Waals surface area contributed by atoms with E-state index < -0.39 is 18.1 Å². The molecule has 2 amide bonds. The van der Waals surface area contributed by atoms with Gasteiger partial charge >= 0.3 is 0 Å². The Balaban J connectivity index is 1.44. The number of ether oxygens (including phenoxy) is 2. The minimum absolute atomic E-state index is 0.283. The van der Waals surface area contributed by atoms with E-state index >= 15 is 0 Å². The molecule has 7 heteroatoms. The summed E-state index contributed by atoms with van der Waals surface area (Å²) in [7, 11) is 0. The van der Waals surface area contributed by atoms with Gasteiger partial charge in [0.05, 0.1) is 30.6 Å². The topological polar surface area (TPSA) is 68.3 Å². The smallest absolute Gasteiger partial charge is 0.266 e. The number of amides is 2. The lowest BCUT2D eigenvalue weighted by Crippen LogP contribution is -2.37. The molecule has 6 rings (SSSR count). The Morgan fingerprint density at radius 3 is 2.36 bits per heavy atom. The molecule has 4 aromatic rings. The fraction of sp³-hybridized carbons (Fsp3) is 0.250. The van der Waals surface area contributed by atoms with Crippen molar-refractivity contribution in [1.82, 2.24) is 0 Å². The molecule has 2 aliphatic rings. The molecule has 0 bridgehead atoms. The van der Waals surface area contributed by atoms with Gasteiger partial charge in [-0.05, 0) is 54.6 Å². The molecule has 0 unspecified atom stereocenters. The zero-order valence-electron chi connectivity index (χ0n) is 21.9. The van der Waals surface area contributed by atoms with E-state index in [0.717, 1.165) is 28.4 Å². The van der Waals surface area contributed by atoms with Crippen LogP contribution in [0.5, 0.6) is 11.5 Å². The number of carbonyl (C=O) groups is 2. The number of para-hydroxylation sites is 1. The third-order valence-electron chi connectivity index (χ3n) is 7.20. The van der Waals surface area contributed by atoms with E-state index in [4.69, 9.17) is 14.3 Å². The van der Waals surface area contributed by atoms with E-state index in [1.807, 2.05) is 105 Å². The second-order valence-corrected chi connectivity index (χ2v) is 9.66. The second kappa shape index (κ2) is 10.4. The summed E-state index contributed by atoms with van der Waals surface area (Å²) in [6.45, 7) is 5.00. The molecule has 2 heterocycles. The monoisotopic (exact) mass is 522 g/mol. The van der Waals surface area contributed by atoms with Crippen LogP contribution in [0, 0.1) is 5.92 Å². The van der Waals surface area contributed by atoms with Crippen LogP contribution < -0.4 is 19.4 Å². The summed E-state index contributed by atoms with van der Waals surface area (Å²) in [5.74, 6) is -0.140. The van der Waals surface area contributed by atoms with E-state index in [1.165, 1.54) is 4.90 Å². The van der Waals surface area contributed by atoms with Crippen LogP contribution in [-0.2, 0) is 14.4 Å². The first-order valence-corrected chi connectivity index (χ1v) is 13.4. The molecule has 4 aromatic carbocycles. The van der Waals surface area contributed by atoms with Crippen molar-refractivity contribution in [3.8, 4) is 11.5 Å². The summed E-state index contributed by atoms with van der Waals surface area (Å²) in [6.07, 6.45) is -0.0797. The Hall–Kier alpha value is -4.36. The molecule has 2 saturated heterocycles. The second-order valence-electron chi connectivity index (χ2n) is 9.66. The predicted molar refractivity (Wildman–Crippen MR) is 150 cm³/mol. The standard InChI is InChI=1S/C32H30N2O5/c1-3-19-38-26-18-17-22(20-27(26)37-4-2)29-28-30(39-34(29)23-13-6-5-7-14-23)32(36)33(31(28)35)25-16-10-12-21-11-8-9-15-24(21)25/h5-18,20,28-30H,3-4,19H2,1-2H3/t28-,29+,30-/m0/s1. The lowest BCUT2D eigenvalue weighted by Gasteiger charge is -2.29. The normalized spacial score (nSPS) is 20.5. The molecule has 7 nitrogen and oxygen atoms in total. The van der Waals surface area contributed by atoms with Crippen molar-refractivity contribution in [3.05, 3.63) is 96.6 Å². The number of hydrogen-bond donors (Lipinski definition) is 0. The van der Waals surface area contributed by atoms with Crippen molar-refractivity contribution in [2.45, 2.75) is 32.4 Å². The predicted octanol–water partition coefficient (Wildman–Crippen LogP) is 6.08. The Labute approximate surface area is 227 Å². The first-order chi connectivity index (χ1) is 19.1. The highest BCUT2D eigenvalue weighted by Crippen LogP contribution is 2.49. The third-order valence-corrected chi connectivity index (χ3v) is 7.20. The fourth-order valence-electron chi connectivity index (χ4n) is 5.50. The highest BCUT2D eigenvalue weighted by Gasteiger charge is 2.60. The van der Waals surface area contributed by atoms with Crippen molar-refractivity contribution >= 4 is 34.0 Å². The molecule has 39 heavy (non-hydrogen) atoms. The summed E-state index contributed by atoms with van der Waals surface area (Å²) in [5.41, 5.74) is 2.14. The van der Waals surface area contributed by atoms with Gasteiger partial charge in [0, 0.05) is 5.39 Å². The molecule has 0 saturated carbocycles. The van der Waals surface area contributed by atoms with Crippen LogP contribution in [-0.4, -0.2) is 31.1 Å². The summed E-state index contributed by atoms with van der Waals surface area (Å²) in [4.78, 5) is 35.6. The Morgan fingerprint density at radius 1 is 0.795 bits per heavy atom. The molecule has 0 aliphatic carbocycles. The van der Waals surface area contributed by atoms with Crippen LogP contribution >= 0.6 is 0 Å². The van der Waals surface area contributed by atoms with Crippen LogP contribution in [0.4, 0.5) is 11.4 Å². The van der Waals surface area contributed by atoms with Gasteiger partial charge in [-0.3, -0.25) is 14.4 Å². The molecule has 0 N–H and O–H groups in total. The Kier molecular flexibility index (Phi) is 6.67. The quantitative estimate of drug-likeness (QED) is 0.261. The minimum Gasteiger partial charge on any atom is -0.490 e. The molecule has 2 fully saturated rings. The number of benzene rings is 4. The van der Waals surface area contributed by atoms with Crippen LogP contribution in [0.3, 0.4) is 0 Å². The van der Waals surface area contributed by atoms with E-state index in [-0.39, 0.29) is 11.8 Å². The summed E-state index contributed by atoms with van der Waals surface area (Å²) in [5, 5.41) is 3.50. The first-order valence-electron chi connectivity index (χ1n) is 13.4. The first kappa shape index (κ1) is 24.9. The fourth-order valence-corrected chi connectivity index (χ4v) is 5.50. The van der Waals surface area contributed by atoms with Crippen LogP contribution in [0.15, 0.2) is 91.0 Å². The molecule has 3 atom stereocenters. The van der Waals surface area contributed by atoms with Gasteiger partial charge in [-0.25, -0.2) is 9.96 Å². The molecular formula is C32H30N2O5. The number of fused-ring (bicyclic) bond motifs is 2. The number of rotatable bonds is 8. The number of hydrogen-bond acceptors (Lipinski definition) is 6. The molecule has 198 valence electrons. The van der Waals surface area contributed by atoms with Gasteiger partial charge in [0.2, 0.25) is 5.91 Å². The van der Waals surface area contributed by atoms with Crippen molar-refractivity contribution in [2.24, 2.45) is 5.92 Å². The van der Waals surface area contributed by atoms with Crippen molar-refractivity contribution in [1.29, 1.82) is 0 Å². The van der Waals surface area contributed by atoms with Gasteiger partial charge in [0.1, 0.15) is 5.92 Å². The van der Waals surface area contributed by atoms with Crippen molar-refractivity contribution in [3.63, 3.8) is 0 Å². The average Bonchev–Trinajstić information content (AvgIpc) is 3.48. The van der Waals surface area contributed by atoms with Crippen molar-refractivity contribution < 1.29 is 23.9 Å². The molecule has 0 radical (unpaired) electrons. The van der Waals surface area contributed by atoms with Gasteiger partial charge < -0.3 is 9.47 Å². The van der Waals surface area contributed by atoms with Gasteiger partial charge in [-0.15, -0.1) is 0 Å². The van der Waals surface area contributed by atoms with E-state index in [9.17, 15) is 9.59 Å². The molecular weight excluding hydrogens is 492 g/mol. The van der Waals surface area contributed by atoms with E-state index in [0.29, 0.717) is 30.4 Å². The van der Waals surface area contributed by atoms with Crippen LogP contribution in [0.25, 0.3) is 10.8 Å². The highest BCUT2D eigenvalue weighted by molar-refractivity contribution is 6.26. The van der Waals surface area contributed by atoms with Gasteiger partial charge in [0.25, 0.3) is 5.91 Å². The van der Waals surface area contributed by atoms with E-state index in [1.54, 1.807) is 5.06 Å². The Bertz CT molecular complexity index is 1520. The summed E-state index contributed by atoms with van der Waals surface area (Å²) < 4.78 is 11.8. The number of carbonyl (C=O) groups excluding carboxylic acids is 2. The third kappa shape index (κ3) is 4.29. The van der Waals surface area contributed by atoms with Gasteiger partial charge in [0.15, 0.2) is 17.6 Å². The maximum absolute atomic E-state index is 14.2. The minimum atomic E-state index is -0.951. The Morgan fingerprint density at radius 2 is 1.56 bits per heavy atom. The van der Waals surface area contributed by atoms with E-state index in [2.05, 4.69) is 0 Å². The largest absolute Gasteiger partial charge is 0.490 e. The number of nitrogens with zero attached hydrogens (tertiary/aromatic N) is 2. The summed E-state index contributed by atoms with van der Waals surface area (Å²) >= 11 is 0. The van der Waals surface area contributed by atoms with Crippen LogP contribution in [0.1, 0.15) is 31.9 Å². The number of hydroxylamine groups is 1. The lowest BCUT2D eigenvalue weighted by molar-refractivity contribution is -0.126. The zero-order valence-corrected chi connectivity index (χ0v) is 21.9. The molecule has 0 spiro atoms. The van der Waals surface area contributed by atoms with Crippen LogP contribution in [0.2, 0.25) is 0 Å². The maximum atomic E-state index is 14.2. The van der Waals surface area contributed by atoms with Gasteiger partial charge in [-0.2, -0.15) is 0 Å². The summed E-state index contributed by atoms with van der Waals surface area (Å²) in [6, 6.07) is 28.1. The number of imide groups is 1. The molecule has 0 aromatic heterocycles. The number of anilines is 2. The average molecular weight is 523 g/mol. The maximum Gasteiger partial charge on any atom is 0.266 e.